The molecule has 3 heterocycles. The Balaban J connectivity index is 1.47. The van der Waals surface area contributed by atoms with E-state index in [1.807, 2.05) is 0 Å². The van der Waals surface area contributed by atoms with E-state index in [0.717, 1.165) is 37.1 Å². The molecular formula is C24H49NO7P+. The van der Waals surface area contributed by atoms with Gasteiger partial charge in [-0.25, -0.2) is 19.2 Å². The Kier molecular flexibility index (Phi) is 16.1. The van der Waals surface area contributed by atoms with Crippen molar-refractivity contribution in [2.75, 3.05) is 46.0 Å². The van der Waals surface area contributed by atoms with E-state index in [2.05, 4.69) is 6.92 Å². The molecule has 3 aliphatic rings. The van der Waals surface area contributed by atoms with E-state index >= 15 is 0 Å². The highest BCUT2D eigenvalue weighted by Gasteiger charge is 2.37. The summed E-state index contributed by atoms with van der Waals surface area (Å²) in [5, 5.41) is 0. The van der Waals surface area contributed by atoms with Crippen molar-refractivity contribution >= 4 is 7.82 Å². The lowest BCUT2D eigenvalue weighted by molar-refractivity contribution is -0.932. The van der Waals surface area contributed by atoms with Gasteiger partial charge in [-0.3, -0.25) is 0 Å². The van der Waals surface area contributed by atoms with Crippen LogP contribution in [0.15, 0.2) is 0 Å². The topological polar surface area (TPSA) is 72.5 Å². The molecule has 0 radical (unpaired) electrons. The molecule has 33 heavy (non-hydrogen) atoms. The van der Waals surface area contributed by atoms with Crippen molar-refractivity contribution in [3.05, 3.63) is 0 Å². The first-order chi connectivity index (χ1) is 16.2. The van der Waals surface area contributed by atoms with Crippen LogP contribution < -0.4 is 0 Å². The van der Waals surface area contributed by atoms with Gasteiger partial charge in [-0.1, -0.05) is 96.8 Å². The van der Waals surface area contributed by atoms with E-state index in [1.54, 1.807) is 0 Å². The van der Waals surface area contributed by atoms with Crippen LogP contribution in [0.4, 0.5) is 0 Å². The van der Waals surface area contributed by atoms with Gasteiger partial charge in [0.15, 0.2) is 0 Å². The summed E-state index contributed by atoms with van der Waals surface area (Å²) in [4.78, 5) is 15.2. The Morgan fingerprint density at radius 3 is 1.24 bits per heavy atom. The van der Waals surface area contributed by atoms with Gasteiger partial charge in [0.1, 0.15) is 39.5 Å². The van der Waals surface area contributed by atoms with Gasteiger partial charge in [0, 0.05) is 0 Å². The van der Waals surface area contributed by atoms with E-state index in [4.69, 9.17) is 28.7 Å². The van der Waals surface area contributed by atoms with E-state index < -0.39 is 7.82 Å². The van der Waals surface area contributed by atoms with Crippen LogP contribution in [-0.2, 0) is 33.3 Å². The number of unbranched alkanes of at least 4 members (excludes halogenated alkanes) is 15. The van der Waals surface area contributed by atoms with Gasteiger partial charge in [-0.15, -0.1) is 14.0 Å². The molecule has 0 spiro atoms. The van der Waals surface area contributed by atoms with Crippen molar-refractivity contribution in [3.63, 3.8) is 0 Å². The van der Waals surface area contributed by atoms with Crippen molar-refractivity contribution in [3.8, 4) is 0 Å². The fraction of sp³-hybridized carbons (Fsp3) is 1.00. The Morgan fingerprint density at radius 1 is 0.545 bits per heavy atom. The molecule has 0 aromatic heterocycles. The molecule has 3 aliphatic heterocycles. The van der Waals surface area contributed by atoms with Gasteiger partial charge < -0.3 is 4.48 Å². The van der Waals surface area contributed by atoms with Crippen LogP contribution in [0.5, 0.6) is 0 Å². The lowest BCUT2D eigenvalue weighted by Crippen LogP contribution is -2.54. The summed E-state index contributed by atoms with van der Waals surface area (Å²) in [6.07, 6.45) is 21.9. The van der Waals surface area contributed by atoms with Gasteiger partial charge in [0.05, 0.1) is 6.54 Å². The normalized spacial score (nSPS) is 26.7. The molecular weight excluding hydrogens is 445 g/mol. The van der Waals surface area contributed by atoms with Gasteiger partial charge in [-0.2, -0.15) is 0 Å². The zero-order chi connectivity index (χ0) is 23.5. The predicted octanol–water partition coefficient (Wildman–Crippen LogP) is 7.04. The first kappa shape index (κ1) is 29.2. The molecule has 0 aromatic rings. The summed E-state index contributed by atoms with van der Waals surface area (Å²) < 4.78 is 27.2. The summed E-state index contributed by atoms with van der Waals surface area (Å²) in [6.45, 7) is 6.55. The van der Waals surface area contributed by atoms with E-state index in [1.165, 1.54) is 96.3 Å². The first-order valence-corrected chi connectivity index (χ1v) is 15.0. The van der Waals surface area contributed by atoms with Crippen LogP contribution in [0, 0.1) is 0 Å². The van der Waals surface area contributed by atoms with Crippen molar-refractivity contribution < 1.29 is 37.7 Å². The summed E-state index contributed by atoms with van der Waals surface area (Å²) in [5.41, 5.74) is 0. The molecule has 0 amide bonds. The monoisotopic (exact) mass is 494 g/mol. The van der Waals surface area contributed by atoms with Crippen molar-refractivity contribution in [2.45, 2.75) is 110 Å². The lowest BCUT2D eigenvalue weighted by Gasteiger charge is -2.39. The molecule has 0 aromatic carbocycles. The quantitative estimate of drug-likeness (QED) is 0.0929. The number of rotatable bonds is 17. The van der Waals surface area contributed by atoms with E-state index in [9.17, 15) is 4.57 Å². The molecule has 3 rings (SSSR count). The smallest absolute Gasteiger partial charge is 0.318 e. The Morgan fingerprint density at radius 2 is 0.879 bits per heavy atom. The molecule has 0 aliphatic carbocycles. The molecule has 0 N–H and O–H groups in total. The minimum Gasteiger partial charge on any atom is -0.318 e. The number of nitrogens with zero attached hydrogens (tertiary/aromatic N) is 1. The molecule has 2 bridgehead atoms. The van der Waals surface area contributed by atoms with Gasteiger partial charge in [-0.05, 0) is 12.8 Å². The molecule has 0 atom stereocenters. The van der Waals surface area contributed by atoms with Crippen LogP contribution >= 0.6 is 7.82 Å². The fourth-order valence-electron chi connectivity index (χ4n) is 4.70. The van der Waals surface area contributed by atoms with E-state index in [0.29, 0.717) is 19.8 Å². The molecule has 0 unspecified atom stereocenters. The highest BCUT2D eigenvalue weighted by Crippen LogP contribution is 2.50. The zero-order valence-corrected chi connectivity index (χ0v) is 21.9. The number of phosphoric acid groups is 1. The molecule has 196 valence electrons. The maximum absolute atomic E-state index is 12.1. The van der Waals surface area contributed by atoms with Gasteiger partial charge in [0.2, 0.25) is 0 Å². The van der Waals surface area contributed by atoms with Crippen LogP contribution in [0.2, 0.25) is 0 Å². The van der Waals surface area contributed by atoms with Crippen LogP contribution in [-0.4, -0.2) is 50.5 Å². The molecule has 9 heteroatoms. The Hall–Kier alpha value is -0.0500. The minimum absolute atomic E-state index is 0.329. The maximum Gasteiger partial charge on any atom is 0.556 e. The van der Waals surface area contributed by atoms with Crippen LogP contribution in [0.25, 0.3) is 0 Å². The summed E-state index contributed by atoms with van der Waals surface area (Å²) in [5.74, 6) is 0. The number of quaternary nitrogens is 1. The maximum atomic E-state index is 12.1. The summed E-state index contributed by atoms with van der Waals surface area (Å²) in [6, 6.07) is 0. The average Bonchev–Trinajstić information content (AvgIpc) is 2.82. The van der Waals surface area contributed by atoms with Crippen LogP contribution in [0.1, 0.15) is 110 Å². The second kappa shape index (κ2) is 18.3. The van der Waals surface area contributed by atoms with Crippen molar-refractivity contribution in [1.82, 2.24) is 0 Å². The number of fused-ring (bicyclic) bond motifs is 9. The fourth-order valence-corrected chi connectivity index (χ4v) is 5.39. The van der Waals surface area contributed by atoms with Gasteiger partial charge in [0.25, 0.3) is 0 Å². The third-order valence-corrected chi connectivity index (χ3v) is 7.73. The molecule has 3 saturated heterocycles. The standard InChI is InChI=1S/C24H49NO7P/c1-2-3-4-5-6-7-8-9-10-11-12-13-14-15-16-17-18-25-19-22-27-30-33(26,31-28-23-20-25)32-29-24-21-25/h2-24H2,1H3/q+1. The largest absolute Gasteiger partial charge is 0.556 e. The highest BCUT2D eigenvalue weighted by molar-refractivity contribution is 7.48. The van der Waals surface area contributed by atoms with Gasteiger partial charge >= 0.3 is 7.82 Å². The second-order valence-electron chi connectivity index (χ2n) is 9.68. The average molecular weight is 495 g/mol. The third kappa shape index (κ3) is 13.6. The van der Waals surface area contributed by atoms with Crippen molar-refractivity contribution in [2.24, 2.45) is 0 Å². The van der Waals surface area contributed by atoms with Crippen molar-refractivity contribution in [1.29, 1.82) is 0 Å². The zero-order valence-electron chi connectivity index (χ0n) is 21.0. The first-order valence-electron chi connectivity index (χ1n) is 13.6. The Labute approximate surface area is 201 Å². The second-order valence-corrected chi connectivity index (χ2v) is 11.0. The third-order valence-electron chi connectivity index (χ3n) is 6.86. The SMILES string of the molecule is CCCCCCCCCCCCCCCCCC[N+]12CCOOP(=O)(OOCC1)OOCC2. The number of hydrogen-bond donors (Lipinski definition) is 0. The highest BCUT2D eigenvalue weighted by atomic mass is 31.2. The molecule has 0 saturated carbocycles. The van der Waals surface area contributed by atoms with E-state index in [-0.39, 0.29) is 0 Å². The lowest BCUT2D eigenvalue weighted by atomic mass is 10.0. The number of hydrogen-bond acceptors (Lipinski definition) is 7. The predicted molar refractivity (Wildman–Crippen MR) is 128 cm³/mol. The van der Waals surface area contributed by atoms with Crippen LogP contribution in [0.3, 0.4) is 0 Å². The molecule has 8 nitrogen and oxygen atoms in total. The minimum atomic E-state index is -3.97. The summed E-state index contributed by atoms with van der Waals surface area (Å²) in [7, 11) is -3.97. The molecule has 3 fully saturated rings. The Bertz CT molecular complexity index is 482. The summed E-state index contributed by atoms with van der Waals surface area (Å²) >= 11 is 0.